The zero-order valence-electron chi connectivity index (χ0n) is 19.7. The van der Waals surface area contributed by atoms with Gasteiger partial charge in [0.2, 0.25) is 0 Å². The van der Waals surface area contributed by atoms with Gasteiger partial charge in [-0.3, -0.25) is 9.10 Å². The Balaban J connectivity index is 1.71. The van der Waals surface area contributed by atoms with Gasteiger partial charge in [-0.15, -0.1) is 0 Å². The van der Waals surface area contributed by atoms with E-state index in [2.05, 4.69) is 5.32 Å². The molecular formula is C26H27FN2O5S. The Morgan fingerprint density at radius 3 is 2.31 bits per heavy atom. The molecule has 1 N–H and O–H groups in total. The number of carbonyl (C=O) groups excluding carboxylic acids is 2. The zero-order valence-corrected chi connectivity index (χ0v) is 20.5. The standard InChI is InChI=1S/C26H27FN2O5S/c1-4-29(23-8-6-5-7-9-23)35(32,33)24-16-21(11-10-18(24)2)26(31)34-17-25(30)28-19(3)20-12-14-22(27)15-13-20/h5-16,19H,4,17H2,1-3H3,(H,28,30)/t19-/m1/s1. The van der Waals surface area contributed by atoms with Gasteiger partial charge in [0.25, 0.3) is 15.9 Å². The van der Waals surface area contributed by atoms with Gasteiger partial charge < -0.3 is 10.1 Å². The molecule has 9 heteroatoms. The Labute approximate surface area is 204 Å². The molecule has 0 unspecified atom stereocenters. The van der Waals surface area contributed by atoms with Crippen LogP contribution in [0.4, 0.5) is 10.1 Å². The van der Waals surface area contributed by atoms with Crippen molar-refractivity contribution in [3.05, 3.63) is 95.3 Å². The highest BCUT2D eigenvalue weighted by atomic mass is 32.2. The van der Waals surface area contributed by atoms with Crippen molar-refractivity contribution in [1.29, 1.82) is 0 Å². The maximum absolute atomic E-state index is 13.4. The molecule has 0 radical (unpaired) electrons. The lowest BCUT2D eigenvalue weighted by molar-refractivity contribution is -0.124. The average Bonchev–Trinajstić information content (AvgIpc) is 2.84. The van der Waals surface area contributed by atoms with Gasteiger partial charge in [0.05, 0.1) is 22.2 Å². The van der Waals surface area contributed by atoms with Crippen LogP contribution in [0.2, 0.25) is 0 Å². The molecule has 0 aliphatic heterocycles. The number of halogens is 1. The highest BCUT2D eigenvalue weighted by Gasteiger charge is 2.26. The SMILES string of the molecule is CCN(c1ccccc1)S(=O)(=O)c1cc(C(=O)OCC(=O)N[C@H](C)c2ccc(F)cc2)ccc1C. The number of carbonyl (C=O) groups is 2. The van der Waals surface area contributed by atoms with Crippen LogP contribution < -0.4 is 9.62 Å². The van der Waals surface area contributed by atoms with E-state index in [9.17, 15) is 22.4 Å². The Hall–Kier alpha value is -3.72. The summed E-state index contributed by atoms with van der Waals surface area (Å²) in [6.45, 7) is 4.74. The monoisotopic (exact) mass is 498 g/mol. The Morgan fingerprint density at radius 1 is 1.03 bits per heavy atom. The molecule has 35 heavy (non-hydrogen) atoms. The molecule has 0 heterocycles. The second-order valence-electron chi connectivity index (χ2n) is 7.90. The van der Waals surface area contributed by atoms with Gasteiger partial charge in [0.1, 0.15) is 5.82 Å². The number of anilines is 1. The number of hydrogen-bond donors (Lipinski definition) is 1. The molecule has 0 saturated carbocycles. The van der Waals surface area contributed by atoms with Crippen molar-refractivity contribution in [2.24, 2.45) is 0 Å². The Kier molecular flexibility index (Phi) is 8.24. The average molecular weight is 499 g/mol. The van der Waals surface area contributed by atoms with E-state index in [1.165, 1.54) is 34.6 Å². The smallest absolute Gasteiger partial charge is 0.338 e. The Morgan fingerprint density at radius 2 is 1.69 bits per heavy atom. The molecule has 0 spiro atoms. The number of esters is 1. The third-order valence-corrected chi connectivity index (χ3v) is 7.45. The maximum atomic E-state index is 13.4. The van der Waals surface area contributed by atoms with E-state index in [-0.39, 0.29) is 22.8 Å². The fourth-order valence-electron chi connectivity index (χ4n) is 3.54. The topological polar surface area (TPSA) is 92.8 Å². The highest BCUT2D eigenvalue weighted by Crippen LogP contribution is 2.26. The van der Waals surface area contributed by atoms with Crippen LogP contribution in [0.1, 0.15) is 41.4 Å². The van der Waals surface area contributed by atoms with Gasteiger partial charge >= 0.3 is 5.97 Å². The molecular weight excluding hydrogens is 471 g/mol. The predicted molar refractivity (Wildman–Crippen MR) is 131 cm³/mol. The first-order chi connectivity index (χ1) is 16.6. The van der Waals surface area contributed by atoms with Crippen molar-refractivity contribution in [3.63, 3.8) is 0 Å². The van der Waals surface area contributed by atoms with Crippen LogP contribution in [-0.2, 0) is 19.6 Å². The summed E-state index contributed by atoms with van der Waals surface area (Å²) in [4.78, 5) is 24.8. The van der Waals surface area contributed by atoms with E-state index >= 15 is 0 Å². The molecule has 3 rings (SSSR count). The zero-order chi connectivity index (χ0) is 25.6. The largest absolute Gasteiger partial charge is 0.452 e. The number of nitrogens with one attached hydrogen (secondary N) is 1. The maximum Gasteiger partial charge on any atom is 0.338 e. The summed E-state index contributed by atoms with van der Waals surface area (Å²) in [5, 5.41) is 2.67. The lowest BCUT2D eigenvalue weighted by atomic mass is 10.1. The fourth-order valence-corrected chi connectivity index (χ4v) is 5.27. The first kappa shape index (κ1) is 25.9. The van der Waals surface area contributed by atoms with Gasteiger partial charge in [-0.25, -0.2) is 17.6 Å². The molecule has 0 saturated heterocycles. The normalized spacial score (nSPS) is 12.0. The lowest BCUT2D eigenvalue weighted by Gasteiger charge is -2.24. The minimum absolute atomic E-state index is 0.0117. The molecule has 0 bridgehead atoms. The first-order valence-corrected chi connectivity index (χ1v) is 12.5. The van der Waals surface area contributed by atoms with Crippen molar-refractivity contribution < 1.29 is 27.1 Å². The summed E-state index contributed by atoms with van der Waals surface area (Å²) >= 11 is 0. The third kappa shape index (κ3) is 6.24. The van der Waals surface area contributed by atoms with E-state index in [0.29, 0.717) is 16.8 Å². The minimum atomic E-state index is -3.95. The summed E-state index contributed by atoms with van der Waals surface area (Å²) < 4.78 is 46.2. The third-order valence-electron chi connectivity index (χ3n) is 5.41. The number of aryl methyl sites for hydroxylation is 1. The van der Waals surface area contributed by atoms with E-state index < -0.39 is 34.5 Å². The van der Waals surface area contributed by atoms with Crippen molar-refractivity contribution in [3.8, 4) is 0 Å². The predicted octanol–water partition coefficient (Wildman–Crippen LogP) is 4.38. The number of benzene rings is 3. The summed E-state index contributed by atoms with van der Waals surface area (Å²) in [6, 6.07) is 18.2. The number of sulfonamides is 1. The number of hydrogen-bond acceptors (Lipinski definition) is 5. The van der Waals surface area contributed by atoms with Crippen LogP contribution >= 0.6 is 0 Å². The highest BCUT2D eigenvalue weighted by molar-refractivity contribution is 7.92. The first-order valence-electron chi connectivity index (χ1n) is 11.0. The van der Waals surface area contributed by atoms with Crippen LogP contribution in [-0.4, -0.2) is 33.4 Å². The molecule has 7 nitrogen and oxygen atoms in total. The summed E-state index contributed by atoms with van der Waals surface area (Å²) in [6.07, 6.45) is 0. The number of para-hydroxylation sites is 1. The van der Waals surface area contributed by atoms with Crippen molar-refractivity contribution in [2.45, 2.75) is 31.7 Å². The molecule has 0 aliphatic rings. The van der Waals surface area contributed by atoms with E-state index in [0.717, 1.165) is 0 Å². The number of rotatable bonds is 9. The van der Waals surface area contributed by atoms with Crippen LogP contribution in [0, 0.1) is 12.7 Å². The summed E-state index contributed by atoms with van der Waals surface area (Å²) in [7, 11) is -3.95. The van der Waals surface area contributed by atoms with Crippen molar-refractivity contribution in [1.82, 2.24) is 5.32 Å². The van der Waals surface area contributed by atoms with Crippen molar-refractivity contribution >= 4 is 27.6 Å². The van der Waals surface area contributed by atoms with Gasteiger partial charge in [-0.2, -0.15) is 0 Å². The molecule has 3 aromatic rings. The molecule has 184 valence electrons. The molecule has 0 aliphatic carbocycles. The summed E-state index contributed by atoms with van der Waals surface area (Å²) in [5.41, 5.74) is 1.69. The quantitative estimate of drug-likeness (QED) is 0.442. The van der Waals surface area contributed by atoms with Gasteiger partial charge in [0.15, 0.2) is 6.61 Å². The number of amides is 1. The van der Waals surface area contributed by atoms with E-state index in [4.69, 9.17) is 4.74 Å². The molecule has 1 amide bonds. The second-order valence-corrected chi connectivity index (χ2v) is 9.73. The van der Waals surface area contributed by atoms with Crippen LogP contribution in [0.25, 0.3) is 0 Å². The molecule has 0 fully saturated rings. The Bertz CT molecular complexity index is 1300. The van der Waals surface area contributed by atoms with Gasteiger partial charge in [-0.05, 0) is 68.3 Å². The van der Waals surface area contributed by atoms with E-state index in [1.54, 1.807) is 63.2 Å². The van der Waals surface area contributed by atoms with Gasteiger partial charge in [0, 0.05) is 6.54 Å². The number of nitrogens with zero attached hydrogens (tertiary/aromatic N) is 1. The van der Waals surface area contributed by atoms with Crippen LogP contribution in [0.3, 0.4) is 0 Å². The van der Waals surface area contributed by atoms with Gasteiger partial charge in [-0.1, -0.05) is 36.4 Å². The van der Waals surface area contributed by atoms with Crippen LogP contribution in [0.15, 0.2) is 77.7 Å². The van der Waals surface area contributed by atoms with Crippen LogP contribution in [0.5, 0.6) is 0 Å². The summed E-state index contributed by atoms with van der Waals surface area (Å²) in [5.74, 6) is -1.75. The minimum Gasteiger partial charge on any atom is -0.452 e. The second kappa shape index (κ2) is 11.1. The number of ether oxygens (including phenoxy) is 1. The lowest BCUT2D eigenvalue weighted by Crippen LogP contribution is -2.32. The molecule has 0 aromatic heterocycles. The van der Waals surface area contributed by atoms with E-state index in [1.807, 2.05) is 0 Å². The fraction of sp³-hybridized carbons (Fsp3) is 0.231. The van der Waals surface area contributed by atoms with Crippen molar-refractivity contribution in [2.75, 3.05) is 17.5 Å². The molecule has 3 aromatic carbocycles. The molecule has 1 atom stereocenters.